The van der Waals surface area contributed by atoms with Crippen molar-refractivity contribution < 1.29 is 13.2 Å². The van der Waals surface area contributed by atoms with E-state index in [1.54, 1.807) is 12.1 Å². The van der Waals surface area contributed by atoms with Crippen molar-refractivity contribution in [3.8, 4) is 5.75 Å². The summed E-state index contributed by atoms with van der Waals surface area (Å²) in [6.07, 6.45) is 3.90. The third kappa shape index (κ3) is 4.59. The van der Waals surface area contributed by atoms with Crippen molar-refractivity contribution in [1.82, 2.24) is 0 Å². The molecule has 0 saturated heterocycles. The Morgan fingerprint density at radius 1 is 1.00 bits per heavy atom. The minimum Gasteiger partial charge on any atom is -0.495 e. The van der Waals surface area contributed by atoms with E-state index in [-0.39, 0.29) is 0 Å². The molecule has 6 heteroatoms. The van der Waals surface area contributed by atoms with E-state index >= 15 is 0 Å². The highest BCUT2D eigenvalue weighted by molar-refractivity contribution is 7.90. The summed E-state index contributed by atoms with van der Waals surface area (Å²) >= 11 is 0. The van der Waals surface area contributed by atoms with Crippen LogP contribution in [0.1, 0.15) is 27.8 Å². The topological polar surface area (TPSA) is 81.4 Å². The number of anilines is 1. The molecule has 2 rings (SSSR count). The Hall–Kier alpha value is -2.31. The van der Waals surface area contributed by atoms with E-state index in [1.165, 1.54) is 23.8 Å². The fourth-order valence-corrected chi connectivity index (χ4v) is 2.89. The monoisotopic (exact) mass is 346 g/mol. The van der Waals surface area contributed by atoms with E-state index in [1.807, 2.05) is 18.2 Å². The summed E-state index contributed by atoms with van der Waals surface area (Å²) in [7, 11) is -2.39. The molecule has 3 N–H and O–H groups in total. The van der Waals surface area contributed by atoms with Gasteiger partial charge in [0.15, 0.2) is 0 Å². The number of benzene rings is 2. The molecule has 0 radical (unpaired) electrons. The first kappa shape index (κ1) is 18.0. The van der Waals surface area contributed by atoms with Crippen molar-refractivity contribution in [2.75, 3.05) is 11.8 Å². The van der Waals surface area contributed by atoms with Gasteiger partial charge < -0.3 is 4.74 Å². The Kier molecular flexibility index (Phi) is 5.31. The Morgan fingerprint density at radius 3 is 2.12 bits per heavy atom. The van der Waals surface area contributed by atoms with E-state index in [2.05, 4.69) is 37.6 Å². The summed E-state index contributed by atoms with van der Waals surface area (Å²) in [5.74, 6) is 0.406. The normalized spacial score (nSPS) is 11.7. The van der Waals surface area contributed by atoms with Crippen molar-refractivity contribution in [2.24, 2.45) is 5.14 Å². The number of aryl methyl sites for hydroxylation is 2. The lowest BCUT2D eigenvalue weighted by atomic mass is 10.00. The highest BCUT2D eigenvalue weighted by atomic mass is 32.2. The molecule has 0 amide bonds. The summed E-state index contributed by atoms with van der Waals surface area (Å²) in [5.41, 5.74) is 5.99. The van der Waals surface area contributed by atoms with Gasteiger partial charge in [-0.15, -0.1) is 0 Å². The van der Waals surface area contributed by atoms with Gasteiger partial charge in [-0.1, -0.05) is 30.4 Å². The fourth-order valence-electron chi connectivity index (χ4n) is 2.42. The van der Waals surface area contributed by atoms with Crippen molar-refractivity contribution in [3.05, 3.63) is 58.1 Å². The van der Waals surface area contributed by atoms with E-state index in [0.29, 0.717) is 11.4 Å². The Balaban J connectivity index is 2.34. The van der Waals surface area contributed by atoms with Crippen LogP contribution in [-0.4, -0.2) is 15.5 Å². The van der Waals surface area contributed by atoms with Gasteiger partial charge in [-0.3, -0.25) is 4.72 Å². The molecule has 128 valence electrons. The third-order valence-electron chi connectivity index (χ3n) is 3.89. The first-order chi connectivity index (χ1) is 11.2. The van der Waals surface area contributed by atoms with E-state index in [4.69, 9.17) is 9.88 Å². The van der Waals surface area contributed by atoms with Gasteiger partial charge in [0.2, 0.25) is 0 Å². The Labute approximate surface area is 143 Å². The third-order valence-corrected chi connectivity index (χ3v) is 4.40. The highest BCUT2D eigenvalue weighted by Gasteiger charge is 2.09. The molecule has 0 aliphatic heterocycles. The molecule has 2 aromatic rings. The van der Waals surface area contributed by atoms with Gasteiger partial charge in [0.1, 0.15) is 5.75 Å². The predicted octanol–water partition coefficient (Wildman–Crippen LogP) is 3.41. The van der Waals surface area contributed by atoms with Gasteiger partial charge in [-0.05, 0) is 60.7 Å². The molecule has 0 saturated carbocycles. The Bertz CT molecular complexity index is 864. The number of hydrogen-bond donors (Lipinski definition) is 2. The molecule has 0 aliphatic rings. The lowest BCUT2D eigenvalue weighted by molar-refractivity contribution is 0.417. The highest BCUT2D eigenvalue weighted by Crippen LogP contribution is 2.27. The second-order valence-corrected chi connectivity index (χ2v) is 7.01. The zero-order valence-electron chi connectivity index (χ0n) is 14.3. The lowest BCUT2D eigenvalue weighted by Gasteiger charge is -2.10. The smallest absolute Gasteiger partial charge is 0.296 e. The molecule has 0 fully saturated rings. The first-order valence-electron chi connectivity index (χ1n) is 7.44. The van der Waals surface area contributed by atoms with Gasteiger partial charge in [0, 0.05) is 0 Å². The van der Waals surface area contributed by atoms with Crippen LogP contribution in [0.25, 0.3) is 12.2 Å². The minimum atomic E-state index is -3.86. The lowest BCUT2D eigenvalue weighted by Crippen LogP contribution is -2.22. The van der Waals surface area contributed by atoms with Crippen molar-refractivity contribution in [1.29, 1.82) is 0 Å². The molecular formula is C18H22N2O3S. The summed E-state index contributed by atoms with van der Waals surface area (Å²) in [4.78, 5) is 0. The summed E-state index contributed by atoms with van der Waals surface area (Å²) in [6.45, 7) is 6.27. The molecule has 0 aromatic heterocycles. The number of ether oxygens (including phenoxy) is 1. The van der Waals surface area contributed by atoms with E-state index < -0.39 is 10.2 Å². The molecule has 5 nitrogen and oxygen atoms in total. The summed E-state index contributed by atoms with van der Waals surface area (Å²) in [5, 5.41) is 5.04. The molecule has 0 atom stereocenters. The number of nitrogens with one attached hydrogen (secondary N) is 1. The molecule has 0 aliphatic carbocycles. The zero-order valence-corrected chi connectivity index (χ0v) is 15.1. The van der Waals surface area contributed by atoms with Crippen molar-refractivity contribution in [2.45, 2.75) is 20.8 Å². The van der Waals surface area contributed by atoms with Crippen molar-refractivity contribution in [3.63, 3.8) is 0 Å². The molecule has 0 unspecified atom stereocenters. The average molecular weight is 346 g/mol. The largest absolute Gasteiger partial charge is 0.495 e. The minimum absolute atomic E-state index is 0.304. The molecule has 0 spiro atoms. The van der Waals surface area contributed by atoms with Crippen molar-refractivity contribution >= 4 is 28.0 Å². The average Bonchev–Trinajstić information content (AvgIpc) is 2.49. The Morgan fingerprint density at radius 2 is 1.58 bits per heavy atom. The van der Waals surface area contributed by atoms with Crippen LogP contribution in [0.3, 0.4) is 0 Å². The first-order valence-corrected chi connectivity index (χ1v) is 8.99. The van der Waals surface area contributed by atoms with Crippen LogP contribution in [0.4, 0.5) is 5.69 Å². The second-order valence-electron chi connectivity index (χ2n) is 5.72. The number of rotatable bonds is 5. The van der Waals surface area contributed by atoms with Crippen LogP contribution >= 0.6 is 0 Å². The number of hydrogen-bond acceptors (Lipinski definition) is 3. The SMILES string of the molecule is COc1ccc(/C=C/c2cc(C)c(C)c(C)c2)cc1NS(N)(=O)=O. The van der Waals surface area contributed by atoms with Crippen LogP contribution in [-0.2, 0) is 10.2 Å². The van der Waals surface area contributed by atoms with Crippen LogP contribution < -0.4 is 14.6 Å². The fraction of sp³-hybridized carbons (Fsp3) is 0.222. The summed E-state index contributed by atoms with van der Waals surface area (Å²) < 4.78 is 29.9. The van der Waals surface area contributed by atoms with Gasteiger partial charge in [-0.25, -0.2) is 5.14 Å². The maximum absolute atomic E-state index is 11.3. The maximum Gasteiger partial charge on any atom is 0.296 e. The van der Waals surface area contributed by atoms with Gasteiger partial charge in [0.25, 0.3) is 10.2 Å². The van der Waals surface area contributed by atoms with E-state index in [9.17, 15) is 8.42 Å². The molecular weight excluding hydrogens is 324 g/mol. The molecule has 24 heavy (non-hydrogen) atoms. The van der Waals surface area contributed by atoms with Crippen LogP contribution in [0, 0.1) is 20.8 Å². The van der Waals surface area contributed by atoms with E-state index in [0.717, 1.165) is 11.1 Å². The standard InChI is InChI=1S/C18H22N2O3S/c1-12-9-16(10-13(2)14(12)3)6-5-15-7-8-18(23-4)17(11-15)20-24(19,21)22/h5-11,20H,1-4H3,(H2,19,21,22)/b6-5+. The summed E-state index contributed by atoms with van der Waals surface area (Å²) in [6, 6.07) is 9.45. The molecule has 0 heterocycles. The van der Waals surface area contributed by atoms with Gasteiger partial charge in [-0.2, -0.15) is 8.42 Å². The maximum atomic E-state index is 11.3. The van der Waals surface area contributed by atoms with Crippen LogP contribution in [0.5, 0.6) is 5.75 Å². The number of methoxy groups -OCH3 is 1. The number of nitrogens with two attached hydrogens (primary N) is 1. The van der Waals surface area contributed by atoms with Crippen LogP contribution in [0.2, 0.25) is 0 Å². The van der Waals surface area contributed by atoms with Gasteiger partial charge >= 0.3 is 0 Å². The van der Waals surface area contributed by atoms with Crippen LogP contribution in [0.15, 0.2) is 30.3 Å². The molecule has 2 aromatic carbocycles. The zero-order chi connectivity index (χ0) is 17.9. The second kappa shape index (κ2) is 7.07. The predicted molar refractivity (Wildman–Crippen MR) is 99.3 cm³/mol. The van der Waals surface area contributed by atoms with Gasteiger partial charge in [0.05, 0.1) is 12.8 Å². The quantitative estimate of drug-likeness (QED) is 0.814. The molecule has 0 bridgehead atoms.